The summed E-state index contributed by atoms with van der Waals surface area (Å²) in [6.07, 6.45) is 2.72. The number of hydrogen-bond donors (Lipinski definition) is 1. The summed E-state index contributed by atoms with van der Waals surface area (Å²) < 4.78 is 0. The molecule has 0 aliphatic carbocycles. The van der Waals surface area contributed by atoms with Gasteiger partial charge in [-0.15, -0.1) is 0 Å². The molecule has 2 nitrogen and oxygen atoms in total. The first kappa shape index (κ1) is 7.03. The van der Waals surface area contributed by atoms with E-state index in [0.717, 1.165) is 12.6 Å². The van der Waals surface area contributed by atoms with Crippen LogP contribution >= 0.6 is 0 Å². The SMILES string of the molecule is CC1CCCN(CN)C1. The molecule has 0 aromatic heterocycles. The molecule has 1 aliphatic rings. The normalized spacial score (nSPS) is 30.7. The van der Waals surface area contributed by atoms with Crippen LogP contribution in [-0.4, -0.2) is 24.7 Å². The van der Waals surface area contributed by atoms with Gasteiger partial charge in [-0.2, -0.15) is 0 Å². The standard InChI is InChI=1S/C7H16N2/c1-7-3-2-4-9(5-7)6-8/h7H,2-6,8H2,1H3. The summed E-state index contributed by atoms with van der Waals surface area (Å²) in [5.41, 5.74) is 5.49. The molecule has 0 saturated carbocycles. The fraction of sp³-hybridized carbons (Fsp3) is 1.00. The summed E-state index contributed by atoms with van der Waals surface area (Å²) in [5, 5.41) is 0. The van der Waals surface area contributed by atoms with Crippen molar-refractivity contribution in [2.24, 2.45) is 11.7 Å². The molecule has 1 rings (SSSR count). The van der Waals surface area contributed by atoms with Gasteiger partial charge >= 0.3 is 0 Å². The molecule has 1 aliphatic heterocycles. The van der Waals surface area contributed by atoms with Crippen LogP contribution in [0.3, 0.4) is 0 Å². The minimum atomic E-state index is 0.740. The second-order valence-electron chi connectivity index (χ2n) is 3.01. The topological polar surface area (TPSA) is 29.3 Å². The summed E-state index contributed by atoms with van der Waals surface area (Å²) in [6.45, 7) is 5.45. The molecule has 2 heteroatoms. The van der Waals surface area contributed by atoms with Gasteiger partial charge < -0.3 is 5.73 Å². The molecule has 0 radical (unpaired) electrons. The Morgan fingerprint density at radius 1 is 1.67 bits per heavy atom. The maximum Gasteiger partial charge on any atom is 0.0455 e. The Bertz CT molecular complexity index is 83.0. The van der Waals surface area contributed by atoms with Crippen LogP contribution in [0.2, 0.25) is 0 Å². The Hall–Kier alpha value is -0.0800. The Kier molecular flexibility index (Phi) is 2.49. The highest BCUT2D eigenvalue weighted by Crippen LogP contribution is 2.13. The molecular formula is C7H16N2. The van der Waals surface area contributed by atoms with Gasteiger partial charge in [0.2, 0.25) is 0 Å². The minimum absolute atomic E-state index is 0.740. The van der Waals surface area contributed by atoms with Crippen molar-refractivity contribution in [3.63, 3.8) is 0 Å². The third-order valence-corrected chi connectivity index (χ3v) is 2.00. The summed E-state index contributed by atoms with van der Waals surface area (Å²) in [6, 6.07) is 0. The van der Waals surface area contributed by atoms with E-state index in [-0.39, 0.29) is 0 Å². The molecule has 2 N–H and O–H groups in total. The number of nitrogens with two attached hydrogens (primary N) is 1. The second kappa shape index (κ2) is 3.18. The first-order chi connectivity index (χ1) is 4.33. The zero-order valence-electron chi connectivity index (χ0n) is 6.14. The molecule has 0 aromatic rings. The van der Waals surface area contributed by atoms with Gasteiger partial charge in [-0.1, -0.05) is 6.92 Å². The molecule has 0 bridgehead atoms. The van der Waals surface area contributed by atoms with E-state index in [0.29, 0.717) is 0 Å². The molecule has 0 spiro atoms. The number of hydrogen-bond acceptors (Lipinski definition) is 2. The minimum Gasteiger partial charge on any atom is -0.318 e. The number of rotatable bonds is 1. The van der Waals surface area contributed by atoms with E-state index in [9.17, 15) is 0 Å². The monoisotopic (exact) mass is 128 g/mol. The maximum absolute atomic E-state index is 5.49. The van der Waals surface area contributed by atoms with Gasteiger partial charge in [-0.25, -0.2) is 0 Å². The predicted molar refractivity (Wildman–Crippen MR) is 39.0 cm³/mol. The van der Waals surface area contributed by atoms with E-state index in [1.54, 1.807) is 0 Å². The molecule has 0 aromatic carbocycles. The van der Waals surface area contributed by atoms with Crippen molar-refractivity contribution >= 4 is 0 Å². The molecular weight excluding hydrogens is 112 g/mol. The molecule has 0 amide bonds. The predicted octanol–water partition coefficient (Wildman–Crippen LogP) is 0.635. The van der Waals surface area contributed by atoms with Crippen LogP contribution in [0, 0.1) is 5.92 Å². The average Bonchev–Trinajstić information content (AvgIpc) is 1.88. The van der Waals surface area contributed by atoms with Crippen molar-refractivity contribution in [3.05, 3.63) is 0 Å². The highest BCUT2D eigenvalue weighted by Gasteiger charge is 2.13. The van der Waals surface area contributed by atoms with Crippen LogP contribution in [0.1, 0.15) is 19.8 Å². The fourth-order valence-electron chi connectivity index (χ4n) is 1.45. The van der Waals surface area contributed by atoms with E-state index in [4.69, 9.17) is 5.73 Å². The van der Waals surface area contributed by atoms with E-state index >= 15 is 0 Å². The van der Waals surface area contributed by atoms with Crippen LogP contribution in [0.4, 0.5) is 0 Å². The highest BCUT2D eigenvalue weighted by atomic mass is 15.2. The second-order valence-corrected chi connectivity index (χ2v) is 3.01. The smallest absolute Gasteiger partial charge is 0.0455 e. The lowest BCUT2D eigenvalue weighted by Crippen LogP contribution is -2.38. The Morgan fingerprint density at radius 3 is 2.89 bits per heavy atom. The lowest BCUT2D eigenvalue weighted by Gasteiger charge is -2.29. The molecule has 1 unspecified atom stereocenters. The summed E-state index contributed by atoms with van der Waals surface area (Å²) in [5.74, 6) is 0.863. The van der Waals surface area contributed by atoms with Gasteiger partial charge in [0.1, 0.15) is 0 Å². The Labute approximate surface area is 57.0 Å². The van der Waals surface area contributed by atoms with Gasteiger partial charge in [-0.05, 0) is 25.3 Å². The average molecular weight is 128 g/mol. The summed E-state index contributed by atoms with van der Waals surface area (Å²) in [7, 11) is 0. The number of nitrogens with zero attached hydrogens (tertiary/aromatic N) is 1. The van der Waals surface area contributed by atoms with Crippen molar-refractivity contribution in [1.29, 1.82) is 0 Å². The van der Waals surface area contributed by atoms with E-state index < -0.39 is 0 Å². The molecule has 1 saturated heterocycles. The van der Waals surface area contributed by atoms with Crippen LogP contribution in [0.25, 0.3) is 0 Å². The molecule has 1 heterocycles. The number of likely N-dealkylation sites (tertiary alicyclic amines) is 1. The Morgan fingerprint density at radius 2 is 2.44 bits per heavy atom. The lowest BCUT2D eigenvalue weighted by atomic mass is 10.0. The zero-order chi connectivity index (χ0) is 6.69. The third kappa shape index (κ3) is 1.95. The molecule has 1 atom stereocenters. The first-order valence-corrected chi connectivity index (χ1v) is 3.75. The first-order valence-electron chi connectivity index (χ1n) is 3.75. The van der Waals surface area contributed by atoms with Crippen LogP contribution in [0.5, 0.6) is 0 Å². The van der Waals surface area contributed by atoms with E-state index in [1.807, 2.05) is 0 Å². The quantitative estimate of drug-likeness (QED) is 0.561. The van der Waals surface area contributed by atoms with Crippen molar-refractivity contribution in [2.45, 2.75) is 19.8 Å². The molecule has 1 fully saturated rings. The summed E-state index contributed by atoms with van der Waals surface area (Å²) >= 11 is 0. The molecule has 9 heavy (non-hydrogen) atoms. The lowest BCUT2D eigenvalue weighted by molar-refractivity contribution is 0.188. The van der Waals surface area contributed by atoms with Crippen LogP contribution < -0.4 is 5.73 Å². The van der Waals surface area contributed by atoms with Crippen LogP contribution in [0.15, 0.2) is 0 Å². The van der Waals surface area contributed by atoms with E-state index in [2.05, 4.69) is 11.8 Å². The van der Waals surface area contributed by atoms with Crippen molar-refractivity contribution in [3.8, 4) is 0 Å². The van der Waals surface area contributed by atoms with Gasteiger partial charge in [0, 0.05) is 13.2 Å². The fourth-order valence-corrected chi connectivity index (χ4v) is 1.45. The van der Waals surface area contributed by atoms with Crippen molar-refractivity contribution in [2.75, 3.05) is 19.8 Å². The number of piperidine rings is 1. The van der Waals surface area contributed by atoms with Crippen molar-refractivity contribution in [1.82, 2.24) is 4.90 Å². The van der Waals surface area contributed by atoms with Gasteiger partial charge in [0.15, 0.2) is 0 Å². The highest BCUT2D eigenvalue weighted by molar-refractivity contribution is 4.67. The van der Waals surface area contributed by atoms with Gasteiger partial charge in [-0.3, -0.25) is 4.90 Å². The zero-order valence-corrected chi connectivity index (χ0v) is 6.14. The largest absolute Gasteiger partial charge is 0.318 e. The van der Waals surface area contributed by atoms with E-state index in [1.165, 1.54) is 25.9 Å². The van der Waals surface area contributed by atoms with Gasteiger partial charge in [0.05, 0.1) is 0 Å². The maximum atomic E-state index is 5.49. The van der Waals surface area contributed by atoms with Gasteiger partial charge in [0.25, 0.3) is 0 Å². The van der Waals surface area contributed by atoms with Crippen molar-refractivity contribution < 1.29 is 0 Å². The Balaban J connectivity index is 2.23. The molecule has 54 valence electrons. The van der Waals surface area contributed by atoms with Crippen LogP contribution in [-0.2, 0) is 0 Å². The third-order valence-electron chi connectivity index (χ3n) is 2.00. The summed E-state index contributed by atoms with van der Waals surface area (Å²) in [4.78, 5) is 2.31.